The molecule has 0 saturated carbocycles. The van der Waals surface area contributed by atoms with E-state index in [4.69, 9.17) is 5.73 Å². The Labute approximate surface area is 183 Å². The number of anilines is 1. The fourth-order valence-corrected chi connectivity index (χ4v) is 5.20. The number of hydrogen-bond donors (Lipinski definition) is 1. The molecule has 0 unspecified atom stereocenters. The van der Waals surface area contributed by atoms with Crippen LogP contribution in [-0.4, -0.2) is 38.0 Å². The first-order chi connectivity index (χ1) is 15.1. The molecule has 0 saturated heterocycles. The van der Waals surface area contributed by atoms with Gasteiger partial charge in [-0.05, 0) is 23.8 Å². The third-order valence-corrected chi connectivity index (χ3v) is 6.73. The number of nitrogens with zero attached hydrogens (tertiary/aromatic N) is 4. The largest absolute Gasteiger partial charge is 0.416 e. The van der Waals surface area contributed by atoms with Crippen LogP contribution in [0.1, 0.15) is 27.5 Å². The standard InChI is InChI=1S/C21H15F4N5OS/c1-29(17-8-32-18-4-10(21(23,24)25)2-3-11(17)18)20(31)12-5-15-14(6-13(12)22)28-19(26)16-7-27-9-30(15)16/h2-7,9,17H,8H2,1H3,(H2,26,28)/t17-/m1/s1. The Morgan fingerprint density at radius 1 is 1.25 bits per heavy atom. The minimum Gasteiger partial charge on any atom is -0.382 e. The van der Waals surface area contributed by atoms with Crippen LogP contribution in [-0.2, 0) is 6.18 Å². The molecule has 0 radical (unpaired) electrons. The number of fused-ring (bicyclic) bond motifs is 4. The van der Waals surface area contributed by atoms with Crippen molar-refractivity contribution in [3.05, 3.63) is 65.4 Å². The van der Waals surface area contributed by atoms with Crippen LogP contribution < -0.4 is 5.73 Å². The molecule has 0 bridgehead atoms. The Kier molecular flexibility index (Phi) is 4.55. The van der Waals surface area contributed by atoms with Gasteiger partial charge in [0.15, 0.2) is 0 Å². The number of aromatic nitrogens is 3. The third kappa shape index (κ3) is 3.15. The van der Waals surface area contributed by atoms with E-state index in [1.165, 1.54) is 48.4 Å². The number of imidazole rings is 1. The Bertz CT molecular complexity index is 1400. The molecule has 2 aromatic carbocycles. The van der Waals surface area contributed by atoms with Gasteiger partial charge in [-0.3, -0.25) is 9.20 Å². The smallest absolute Gasteiger partial charge is 0.382 e. The number of rotatable bonds is 2. The molecule has 11 heteroatoms. The molecular weight excluding hydrogens is 446 g/mol. The zero-order valence-electron chi connectivity index (χ0n) is 16.5. The van der Waals surface area contributed by atoms with Gasteiger partial charge in [-0.15, -0.1) is 11.8 Å². The lowest BCUT2D eigenvalue weighted by molar-refractivity contribution is -0.137. The predicted octanol–water partition coefficient (Wildman–Crippen LogP) is 4.54. The molecule has 1 atom stereocenters. The molecule has 2 aromatic heterocycles. The van der Waals surface area contributed by atoms with Crippen molar-refractivity contribution in [2.45, 2.75) is 17.1 Å². The molecule has 0 aliphatic carbocycles. The van der Waals surface area contributed by atoms with Gasteiger partial charge in [0.25, 0.3) is 5.91 Å². The summed E-state index contributed by atoms with van der Waals surface area (Å²) >= 11 is 1.23. The topological polar surface area (TPSA) is 76.5 Å². The SMILES string of the molecule is CN(C(=O)c1cc2c(cc1F)nc(N)c1cncn12)[C@@H]1CSc2cc(C(F)(F)F)ccc21. The van der Waals surface area contributed by atoms with Crippen molar-refractivity contribution in [2.75, 3.05) is 18.5 Å². The molecule has 1 aliphatic heterocycles. The van der Waals surface area contributed by atoms with E-state index < -0.39 is 29.5 Å². The highest BCUT2D eigenvalue weighted by atomic mass is 32.2. The third-order valence-electron chi connectivity index (χ3n) is 5.58. The van der Waals surface area contributed by atoms with E-state index in [0.29, 0.717) is 27.2 Å². The average molecular weight is 461 g/mol. The van der Waals surface area contributed by atoms with Gasteiger partial charge in [0.1, 0.15) is 17.2 Å². The number of amides is 1. The van der Waals surface area contributed by atoms with Crippen molar-refractivity contribution in [3.63, 3.8) is 0 Å². The molecule has 2 N–H and O–H groups in total. The van der Waals surface area contributed by atoms with Gasteiger partial charge in [-0.1, -0.05) is 6.07 Å². The predicted molar refractivity (Wildman–Crippen MR) is 112 cm³/mol. The highest BCUT2D eigenvalue weighted by molar-refractivity contribution is 7.99. The van der Waals surface area contributed by atoms with Gasteiger partial charge in [0.05, 0.1) is 40.7 Å². The van der Waals surface area contributed by atoms with E-state index in [9.17, 15) is 22.4 Å². The van der Waals surface area contributed by atoms with Crippen LogP contribution in [0.4, 0.5) is 23.4 Å². The van der Waals surface area contributed by atoms with Crippen LogP contribution in [0.3, 0.4) is 0 Å². The first-order valence-corrected chi connectivity index (χ1v) is 10.5. The Morgan fingerprint density at radius 2 is 2.03 bits per heavy atom. The van der Waals surface area contributed by atoms with E-state index >= 15 is 0 Å². The summed E-state index contributed by atoms with van der Waals surface area (Å²) in [5, 5.41) is 0. The first kappa shape index (κ1) is 20.6. The maximum Gasteiger partial charge on any atom is 0.416 e. The number of carbonyl (C=O) groups is 1. The lowest BCUT2D eigenvalue weighted by atomic mass is 10.0. The van der Waals surface area contributed by atoms with Gasteiger partial charge in [-0.25, -0.2) is 14.4 Å². The Morgan fingerprint density at radius 3 is 2.78 bits per heavy atom. The van der Waals surface area contributed by atoms with E-state index in [-0.39, 0.29) is 16.9 Å². The van der Waals surface area contributed by atoms with Crippen molar-refractivity contribution in [1.82, 2.24) is 19.3 Å². The van der Waals surface area contributed by atoms with Crippen LogP contribution in [0.5, 0.6) is 0 Å². The maximum atomic E-state index is 14.9. The normalized spacial score (nSPS) is 16.0. The monoisotopic (exact) mass is 461 g/mol. The second kappa shape index (κ2) is 7.09. The molecular formula is C21H15F4N5OS. The fraction of sp³-hybridized carbons (Fsp3) is 0.190. The van der Waals surface area contributed by atoms with Crippen LogP contribution >= 0.6 is 11.8 Å². The van der Waals surface area contributed by atoms with Crippen LogP contribution in [0.25, 0.3) is 16.6 Å². The van der Waals surface area contributed by atoms with Gasteiger partial charge in [0, 0.05) is 23.8 Å². The second-order valence-corrected chi connectivity index (χ2v) is 8.52. The second-order valence-electron chi connectivity index (χ2n) is 7.46. The highest BCUT2D eigenvalue weighted by Crippen LogP contribution is 2.44. The van der Waals surface area contributed by atoms with Gasteiger partial charge >= 0.3 is 6.18 Å². The minimum atomic E-state index is -4.44. The molecule has 5 rings (SSSR count). The Balaban J connectivity index is 1.53. The number of hydrogen-bond acceptors (Lipinski definition) is 5. The van der Waals surface area contributed by atoms with Crippen molar-refractivity contribution < 1.29 is 22.4 Å². The summed E-state index contributed by atoms with van der Waals surface area (Å²) in [6.07, 6.45) is -1.44. The molecule has 32 heavy (non-hydrogen) atoms. The van der Waals surface area contributed by atoms with Crippen LogP contribution in [0.2, 0.25) is 0 Å². The fourth-order valence-electron chi connectivity index (χ4n) is 3.88. The molecule has 3 heterocycles. The number of nitrogen functional groups attached to an aromatic ring is 1. The first-order valence-electron chi connectivity index (χ1n) is 9.47. The van der Waals surface area contributed by atoms with Gasteiger partial charge in [-0.2, -0.15) is 13.2 Å². The molecule has 6 nitrogen and oxygen atoms in total. The number of thioether (sulfide) groups is 1. The maximum absolute atomic E-state index is 14.9. The highest BCUT2D eigenvalue weighted by Gasteiger charge is 2.35. The number of benzene rings is 2. The lowest BCUT2D eigenvalue weighted by Gasteiger charge is -2.25. The van der Waals surface area contributed by atoms with Gasteiger partial charge < -0.3 is 10.6 Å². The summed E-state index contributed by atoms with van der Waals surface area (Å²) in [5.74, 6) is -0.798. The number of carbonyl (C=O) groups excluding carboxylic acids is 1. The quantitative estimate of drug-likeness (QED) is 0.444. The summed E-state index contributed by atoms with van der Waals surface area (Å²) in [6.45, 7) is 0. The van der Waals surface area contributed by atoms with Crippen molar-refractivity contribution in [2.24, 2.45) is 0 Å². The number of nitrogens with two attached hydrogens (primary N) is 1. The van der Waals surface area contributed by atoms with Crippen LogP contribution in [0, 0.1) is 5.82 Å². The molecule has 4 aromatic rings. The lowest BCUT2D eigenvalue weighted by Crippen LogP contribution is -2.32. The number of halogens is 4. The Hall–Kier alpha value is -3.34. The summed E-state index contributed by atoms with van der Waals surface area (Å²) in [6, 6.07) is 5.50. The molecule has 0 spiro atoms. The summed E-state index contributed by atoms with van der Waals surface area (Å²) < 4.78 is 55.5. The molecule has 1 amide bonds. The van der Waals surface area contributed by atoms with E-state index in [2.05, 4.69) is 9.97 Å². The van der Waals surface area contributed by atoms with Crippen molar-refractivity contribution >= 4 is 40.0 Å². The molecule has 0 fully saturated rings. The van der Waals surface area contributed by atoms with Crippen LogP contribution in [0.15, 0.2) is 47.8 Å². The minimum absolute atomic E-state index is 0.174. The number of alkyl halides is 3. The zero-order valence-corrected chi connectivity index (χ0v) is 17.3. The van der Waals surface area contributed by atoms with E-state index in [1.54, 1.807) is 4.40 Å². The molecule has 1 aliphatic rings. The summed E-state index contributed by atoms with van der Waals surface area (Å²) in [4.78, 5) is 23.2. The van der Waals surface area contributed by atoms with E-state index in [0.717, 1.165) is 18.2 Å². The van der Waals surface area contributed by atoms with E-state index in [1.807, 2.05) is 0 Å². The average Bonchev–Trinajstić information content (AvgIpc) is 3.39. The molecule has 164 valence electrons. The summed E-state index contributed by atoms with van der Waals surface area (Å²) in [7, 11) is 1.51. The summed E-state index contributed by atoms with van der Waals surface area (Å²) in [5.41, 5.74) is 6.83. The van der Waals surface area contributed by atoms with Crippen molar-refractivity contribution in [3.8, 4) is 0 Å². The zero-order chi connectivity index (χ0) is 22.8. The van der Waals surface area contributed by atoms with Crippen molar-refractivity contribution in [1.29, 1.82) is 0 Å². The van der Waals surface area contributed by atoms with Gasteiger partial charge in [0.2, 0.25) is 0 Å².